The van der Waals surface area contributed by atoms with E-state index in [-0.39, 0.29) is 11.9 Å². The molecular formula is C11H16BrN3O. The molecule has 4 nitrogen and oxygen atoms in total. The van der Waals surface area contributed by atoms with E-state index in [9.17, 15) is 4.79 Å². The highest BCUT2D eigenvalue weighted by Crippen LogP contribution is 2.28. The predicted molar refractivity (Wildman–Crippen MR) is 70.4 cm³/mol. The molecule has 0 fully saturated rings. The van der Waals surface area contributed by atoms with Crippen LogP contribution in [0.3, 0.4) is 0 Å². The van der Waals surface area contributed by atoms with Crippen molar-refractivity contribution in [2.45, 2.75) is 19.9 Å². The molecule has 88 valence electrons. The van der Waals surface area contributed by atoms with Crippen molar-refractivity contribution in [1.82, 2.24) is 5.32 Å². The normalized spacial score (nSPS) is 12.0. The van der Waals surface area contributed by atoms with Crippen molar-refractivity contribution in [2.75, 3.05) is 18.1 Å². The Labute approximate surface area is 104 Å². The quantitative estimate of drug-likeness (QED) is 0.743. The van der Waals surface area contributed by atoms with Crippen LogP contribution in [0.15, 0.2) is 16.6 Å². The van der Waals surface area contributed by atoms with Crippen LogP contribution in [-0.4, -0.2) is 19.0 Å². The first-order valence-corrected chi connectivity index (χ1v) is 5.78. The Hall–Kier alpha value is -1.23. The second-order valence-electron chi connectivity index (χ2n) is 3.67. The van der Waals surface area contributed by atoms with Gasteiger partial charge in [0.1, 0.15) is 6.04 Å². The second-order valence-corrected chi connectivity index (χ2v) is 4.52. The molecule has 0 aliphatic rings. The molecule has 1 unspecified atom stereocenters. The summed E-state index contributed by atoms with van der Waals surface area (Å²) < 4.78 is 0.853. The molecule has 0 bridgehead atoms. The summed E-state index contributed by atoms with van der Waals surface area (Å²) in [6.45, 7) is 3.73. The largest absolute Gasteiger partial charge is 0.398 e. The minimum absolute atomic E-state index is 0.0543. The van der Waals surface area contributed by atoms with Gasteiger partial charge in [-0.1, -0.05) is 0 Å². The molecule has 4 N–H and O–H groups in total. The van der Waals surface area contributed by atoms with Gasteiger partial charge in [0.05, 0.1) is 0 Å². The summed E-state index contributed by atoms with van der Waals surface area (Å²) in [5.41, 5.74) is 8.34. The minimum atomic E-state index is -0.288. The molecule has 0 saturated carbocycles. The minimum Gasteiger partial charge on any atom is -0.398 e. The van der Waals surface area contributed by atoms with Crippen molar-refractivity contribution in [2.24, 2.45) is 0 Å². The molecule has 5 heteroatoms. The van der Waals surface area contributed by atoms with Gasteiger partial charge in [-0.2, -0.15) is 0 Å². The molecule has 0 spiro atoms. The van der Waals surface area contributed by atoms with Crippen molar-refractivity contribution in [1.29, 1.82) is 0 Å². The van der Waals surface area contributed by atoms with Crippen LogP contribution in [0.25, 0.3) is 0 Å². The zero-order chi connectivity index (χ0) is 12.3. The summed E-state index contributed by atoms with van der Waals surface area (Å²) in [6, 6.07) is 3.46. The monoisotopic (exact) mass is 285 g/mol. The fourth-order valence-corrected chi connectivity index (χ4v) is 1.80. The van der Waals surface area contributed by atoms with Gasteiger partial charge in [0.2, 0.25) is 5.91 Å². The van der Waals surface area contributed by atoms with Crippen molar-refractivity contribution < 1.29 is 4.79 Å². The van der Waals surface area contributed by atoms with Crippen LogP contribution in [0.1, 0.15) is 12.5 Å². The molecule has 0 heterocycles. The number of carbonyl (C=O) groups excluding carboxylic acids is 1. The van der Waals surface area contributed by atoms with Crippen LogP contribution >= 0.6 is 15.9 Å². The summed E-state index contributed by atoms with van der Waals surface area (Å²) in [5, 5.41) is 5.70. The van der Waals surface area contributed by atoms with Crippen LogP contribution in [0.2, 0.25) is 0 Å². The molecule has 0 radical (unpaired) electrons. The molecule has 1 rings (SSSR count). The molecule has 0 aliphatic carbocycles. The maximum atomic E-state index is 11.4. The van der Waals surface area contributed by atoms with Crippen molar-refractivity contribution >= 4 is 33.2 Å². The van der Waals surface area contributed by atoms with E-state index in [2.05, 4.69) is 26.6 Å². The van der Waals surface area contributed by atoms with Crippen LogP contribution in [0.4, 0.5) is 11.4 Å². The molecule has 1 aromatic rings. The number of hydrogen-bond donors (Lipinski definition) is 3. The molecule has 0 aromatic heterocycles. The molecule has 1 amide bonds. The fraction of sp³-hybridized carbons (Fsp3) is 0.364. The number of aryl methyl sites for hydroxylation is 1. The number of nitrogens with one attached hydrogen (secondary N) is 2. The Bertz CT molecular complexity index is 406. The number of carbonyl (C=O) groups is 1. The SMILES string of the molecule is CNC(=O)C(C)Nc1cc(C)c(N)cc1Br. The van der Waals surface area contributed by atoms with Gasteiger partial charge in [0, 0.05) is 22.9 Å². The lowest BCUT2D eigenvalue weighted by Crippen LogP contribution is -2.35. The van der Waals surface area contributed by atoms with E-state index in [4.69, 9.17) is 5.73 Å². The highest BCUT2D eigenvalue weighted by Gasteiger charge is 2.12. The van der Waals surface area contributed by atoms with Crippen LogP contribution < -0.4 is 16.4 Å². The van der Waals surface area contributed by atoms with E-state index in [1.807, 2.05) is 19.1 Å². The van der Waals surface area contributed by atoms with E-state index < -0.39 is 0 Å². The Morgan fingerprint density at radius 1 is 1.50 bits per heavy atom. The summed E-state index contributed by atoms with van der Waals surface area (Å²) in [7, 11) is 1.61. The van der Waals surface area contributed by atoms with Crippen LogP contribution in [-0.2, 0) is 4.79 Å². The Morgan fingerprint density at radius 3 is 2.69 bits per heavy atom. The Morgan fingerprint density at radius 2 is 2.12 bits per heavy atom. The van der Waals surface area contributed by atoms with Crippen molar-refractivity contribution in [3.63, 3.8) is 0 Å². The van der Waals surface area contributed by atoms with Gasteiger partial charge >= 0.3 is 0 Å². The lowest BCUT2D eigenvalue weighted by atomic mass is 10.1. The van der Waals surface area contributed by atoms with Crippen molar-refractivity contribution in [3.8, 4) is 0 Å². The molecule has 16 heavy (non-hydrogen) atoms. The van der Waals surface area contributed by atoms with Crippen molar-refractivity contribution in [3.05, 3.63) is 22.2 Å². The molecule has 1 aromatic carbocycles. The maximum Gasteiger partial charge on any atom is 0.241 e. The van der Waals surface area contributed by atoms with E-state index in [0.717, 1.165) is 21.4 Å². The maximum absolute atomic E-state index is 11.4. The summed E-state index contributed by atoms with van der Waals surface area (Å²) in [4.78, 5) is 11.4. The smallest absolute Gasteiger partial charge is 0.241 e. The number of nitrogens with two attached hydrogens (primary N) is 1. The summed E-state index contributed by atoms with van der Waals surface area (Å²) >= 11 is 3.41. The first kappa shape index (κ1) is 12.8. The lowest BCUT2D eigenvalue weighted by molar-refractivity contribution is -0.121. The van der Waals surface area contributed by atoms with E-state index in [0.29, 0.717) is 0 Å². The molecular weight excluding hydrogens is 270 g/mol. The predicted octanol–water partition coefficient (Wildman–Crippen LogP) is 1.89. The molecule has 0 saturated heterocycles. The van der Waals surface area contributed by atoms with E-state index in [1.54, 1.807) is 14.0 Å². The van der Waals surface area contributed by atoms with E-state index in [1.165, 1.54) is 0 Å². The number of anilines is 2. The van der Waals surface area contributed by atoms with Gasteiger partial charge in [0.25, 0.3) is 0 Å². The summed E-state index contributed by atoms with van der Waals surface area (Å²) in [5.74, 6) is -0.0543. The van der Waals surface area contributed by atoms with Gasteiger partial charge in [-0.3, -0.25) is 4.79 Å². The zero-order valence-electron chi connectivity index (χ0n) is 9.60. The topological polar surface area (TPSA) is 67.2 Å². The first-order chi connectivity index (χ1) is 7.45. The third-order valence-corrected chi connectivity index (χ3v) is 3.02. The van der Waals surface area contributed by atoms with E-state index >= 15 is 0 Å². The first-order valence-electron chi connectivity index (χ1n) is 4.99. The zero-order valence-corrected chi connectivity index (χ0v) is 11.2. The number of likely N-dealkylation sites (N-methyl/N-ethyl adjacent to an activating group) is 1. The lowest BCUT2D eigenvalue weighted by Gasteiger charge is -2.16. The second kappa shape index (κ2) is 5.21. The molecule has 1 atom stereocenters. The van der Waals surface area contributed by atoms with Gasteiger partial charge in [0.15, 0.2) is 0 Å². The Balaban J connectivity index is 2.89. The van der Waals surface area contributed by atoms with Gasteiger partial charge < -0.3 is 16.4 Å². The average Bonchev–Trinajstić information content (AvgIpc) is 2.24. The Kier molecular flexibility index (Phi) is 4.18. The number of rotatable bonds is 3. The number of nitrogen functional groups attached to an aromatic ring is 1. The third-order valence-electron chi connectivity index (χ3n) is 2.37. The average molecular weight is 286 g/mol. The molecule has 0 aliphatic heterocycles. The van der Waals surface area contributed by atoms with Gasteiger partial charge in [-0.15, -0.1) is 0 Å². The third kappa shape index (κ3) is 2.88. The summed E-state index contributed by atoms with van der Waals surface area (Å²) in [6.07, 6.45) is 0. The van der Waals surface area contributed by atoms with Crippen LogP contribution in [0.5, 0.6) is 0 Å². The number of halogens is 1. The van der Waals surface area contributed by atoms with Gasteiger partial charge in [-0.05, 0) is 47.5 Å². The highest BCUT2D eigenvalue weighted by atomic mass is 79.9. The van der Waals surface area contributed by atoms with Gasteiger partial charge in [-0.25, -0.2) is 0 Å². The number of amides is 1. The number of hydrogen-bond acceptors (Lipinski definition) is 3. The number of benzene rings is 1. The fourth-order valence-electron chi connectivity index (χ4n) is 1.32. The van der Waals surface area contributed by atoms with Crippen LogP contribution in [0, 0.1) is 6.92 Å². The standard InChI is InChI=1S/C11H16BrN3O/c1-6-4-10(8(12)5-9(6)13)15-7(2)11(16)14-3/h4-5,7,15H,13H2,1-3H3,(H,14,16). The highest BCUT2D eigenvalue weighted by molar-refractivity contribution is 9.10.